The van der Waals surface area contributed by atoms with Crippen LogP contribution in [0.4, 0.5) is 0 Å². The van der Waals surface area contributed by atoms with Crippen LogP contribution in [0.1, 0.15) is 26.7 Å². The molecule has 13 heavy (non-hydrogen) atoms. The second-order valence-electron chi connectivity index (χ2n) is 2.98. The lowest BCUT2D eigenvalue weighted by Gasteiger charge is -2.09. The van der Waals surface area contributed by atoms with Gasteiger partial charge in [0.2, 0.25) is 5.78 Å². The van der Waals surface area contributed by atoms with E-state index in [1.807, 2.05) is 13.7 Å². The van der Waals surface area contributed by atoms with Crippen LogP contribution in [0.2, 0.25) is 12.6 Å². The van der Waals surface area contributed by atoms with E-state index in [1.165, 1.54) is 0 Å². The summed E-state index contributed by atoms with van der Waals surface area (Å²) in [5.74, 6) is -1.20. The summed E-state index contributed by atoms with van der Waals surface area (Å²) >= 11 is 0. The summed E-state index contributed by atoms with van der Waals surface area (Å²) in [6.45, 7) is 5.89. The monoisotopic (exact) mass is 184 g/mol. The van der Waals surface area contributed by atoms with Crippen LogP contribution in [0.15, 0.2) is 0 Å². The molecule has 1 unspecified atom stereocenters. The maximum Gasteiger partial charge on any atom is 0.374 e. The van der Waals surface area contributed by atoms with Crippen molar-refractivity contribution in [1.29, 1.82) is 0 Å². The first-order chi connectivity index (χ1) is 6.17. The summed E-state index contributed by atoms with van der Waals surface area (Å²) in [6.07, 6.45) is 1.69. The fourth-order valence-electron chi connectivity index (χ4n) is 1.24. The first-order valence-corrected chi connectivity index (χ1v) is 4.88. The molecule has 4 heteroatoms. The van der Waals surface area contributed by atoms with Crippen LogP contribution in [-0.4, -0.2) is 25.6 Å². The Kier molecular flexibility index (Phi) is 6.28. The van der Waals surface area contributed by atoms with Crippen LogP contribution in [-0.2, 0) is 14.3 Å². The van der Waals surface area contributed by atoms with Crippen molar-refractivity contribution in [3.8, 4) is 0 Å². The van der Waals surface area contributed by atoms with Gasteiger partial charge in [-0.2, -0.15) is 0 Å². The lowest BCUT2D eigenvalue weighted by molar-refractivity contribution is -0.153. The van der Waals surface area contributed by atoms with E-state index in [0.29, 0.717) is 7.28 Å². The second-order valence-corrected chi connectivity index (χ2v) is 2.98. The van der Waals surface area contributed by atoms with E-state index in [9.17, 15) is 9.59 Å². The number of hydrogen-bond donors (Lipinski definition) is 0. The predicted octanol–water partition coefficient (Wildman–Crippen LogP) is 1.19. The Morgan fingerprint density at radius 3 is 2.38 bits per heavy atom. The van der Waals surface area contributed by atoms with Gasteiger partial charge < -0.3 is 4.74 Å². The quantitative estimate of drug-likeness (QED) is 0.353. The molecule has 0 saturated carbocycles. The number of ether oxygens (including phenoxy) is 1. The average molecular weight is 184 g/mol. The highest BCUT2D eigenvalue weighted by Gasteiger charge is 2.24. The molecule has 0 amide bonds. The van der Waals surface area contributed by atoms with E-state index in [4.69, 9.17) is 0 Å². The topological polar surface area (TPSA) is 43.4 Å². The number of esters is 1. The summed E-state index contributed by atoms with van der Waals surface area (Å²) in [5, 5.41) is 0. The molecule has 0 aliphatic carbocycles. The fraction of sp³-hybridized carbons (Fsp3) is 0.778. The average Bonchev–Trinajstić information content (AvgIpc) is 2.13. The molecule has 0 rings (SSSR count). The van der Waals surface area contributed by atoms with Crippen LogP contribution in [0.5, 0.6) is 0 Å². The molecule has 1 atom stereocenters. The third-order valence-electron chi connectivity index (χ3n) is 1.98. The molecule has 0 aromatic heterocycles. The van der Waals surface area contributed by atoms with Crippen molar-refractivity contribution in [1.82, 2.24) is 0 Å². The van der Waals surface area contributed by atoms with Gasteiger partial charge >= 0.3 is 5.97 Å². The number of carbonyl (C=O) groups is 2. The summed E-state index contributed by atoms with van der Waals surface area (Å²) in [5.41, 5.74) is 0. The summed E-state index contributed by atoms with van der Waals surface area (Å²) in [7, 11) is 0.714. The van der Waals surface area contributed by atoms with Gasteiger partial charge in [-0.05, 0) is 6.92 Å². The molecule has 0 aromatic rings. The highest BCUT2D eigenvalue weighted by molar-refractivity contribution is 6.52. The Bertz CT molecular complexity index is 180. The maximum absolute atomic E-state index is 11.4. The van der Waals surface area contributed by atoms with Crippen molar-refractivity contribution < 1.29 is 14.3 Å². The number of carbonyl (C=O) groups excluding carboxylic acids is 2. The van der Waals surface area contributed by atoms with Crippen molar-refractivity contribution in [2.45, 2.75) is 39.3 Å². The van der Waals surface area contributed by atoms with Crippen molar-refractivity contribution in [2.75, 3.05) is 6.61 Å². The minimum atomic E-state index is -0.678. The van der Waals surface area contributed by atoms with Gasteiger partial charge in [-0.1, -0.05) is 26.6 Å². The van der Waals surface area contributed by atoms with Crippen molar-refractivity contribution >= 4 is 19.0 Å². The Morgan fingerprint density at radius 2 is 2.00 bits per heavy atom. The molecule has 0 radical (unpaired) electrons. The summed E-state index contributed by atoms with van der Waals surface area (Å²) < 4.78 is 4.64. The molecule has 0 spiro atoms. The summed E-state index contributed by atoms with van der Waals surface area (Å²) in [6, 6.07) is 0. The zero-order valence-electron chi connectivity index (χ0n) is 8.63. The van der Waals surface area contributed by atoms with Gasteiger partial charge in [0.1, 0.15) is 7.28 Å². The van der Waals surface area contributed by atoms with Crippen LogP contribution in [0, 0.1) is 0 Å². The molecule has 0 N–H and O–H groups in total. The molecular formula is C9H17BO3. The number of hydrogen-bond acceptors (Lipinski definition) is 3. The van der Waals surface area contributed by atoms with Gasteiger partial charge in [0.05, 0.1) is 6.61 Å². The smallest absolute Gasteiger partial charge is 0.374 e. The van der Waals surface area contributed by atoms with Crippen LogP contribution in [0.3, 0.4) is 0 Å². The van der Waals surface area contributed by atoms with Crippen molar-refractivity contribution in [3.05, 3.63) is 0 Å². The zero-order chi connectivity index (χ0) is 10.3. The van der Waals surface area contributed by atoms with E-state index >= 15 is 0 Å². The number of Topliss-reactive ketones (excluding diaryl/α,β-unsaturated/α-hetero) is 1. The third kappa shape index (κ3) is 4.11. The molecule has 0 bridgehead atoms. The first-order valence-electron chi connectivity index (χ1n) is 4.88. The van der Waals surface area contributed by atoms with Crippen molar-refractivity contribution in [2.24, 2.45) is 0 Å². The van der Waals surface area contributed by atoms with Gasteiger partial charge in [0.25, 0.3) is 0 Å². The second kappa shape index (κ2) is 6.69. The van der Waals surface area contributed by atoms with Crippen LogP contribution < -0.4 is 0 Å². The molecule has 0 saturated heterocycles. The Hall–Kier alpha value is -0.795. The van der Waals surface area contributed by atoms with E-state index in [0.717, 1.165) is 12.8 Å². The van der Waals surface area contributed by atoms with E-state index in [1.54, 1.807) is 6.92 Å². The minimum Gasteiger partial charge on any atom is -0.460 e. The molecule has 0 fully saturated rings. The third-order valence-corrected chi connectivity index (χ3v) is 1.98. The molecule has 3 nitrogen and oxygen atoms in total. The largest absolute Gasteiger partial charge is 0.460 e. The van der Waals surface area contributed by atoms with Crippen LogP contribution >= 0.6 is 0 Å². The van der Waals surface area contributed by atoms with Gasteiger partial charge in [-0.25, -0.2) is 4.79 Å². The highest BCUT2D eigenvalue weighted by Crippen LogP contribution is 2.13. The zero-order valence-corrected chi connectivity index (χ0v) is 8.63. The van der Waals surface area contributed by atoms with E-state index < -0.39 is 5.97 Å². The van der Waals surface area contributed by atoms with E-state index in [2.05, 4.69) is 4.74 Å². The highest BCUT2D eigenvalue weighted by atomic mass is 16.5. The number of rotatable bonds is 6. The van der Waals surface area contributed by atoms with Gasteiger partial charge in [-0.3, -0.25) is 4.79 Å². The lowest BCUT2D eigenvalue weighted by Crippen LogP contribution is -2.24. The Labute approximate surface area is 80.1 Å². The standard InChI is InChI=1S/C9H17BO3/c1-4-6-7(10-3)8(11)9(12)13-5-2/h7,10H,4-6H2,1-3H3. The summed E-state index contributed by atoms with van der Waals surface area (Å²) in [4.78, 5) is 22.4. The minimum absolute atomic E-state index is 0.149. The predicted molar refractivity (Wildman–Crippen MR) is 53.3 cm³/mol. The fourth-order valence-corrected chi connectivity index (χ4v) is 1.24. The van der Waals surface area contributed by atoms with E-state index in [-0.39, 0.29) is 18.2 Å². The Morgan fingerprint density at radius 1 is 1.38 bits per heavy atom. The molecule has 0 aliphatic rings. The SMILES string of the molecule is CBC(CCC)C(=O)C(=O)OCC. The van der Waals surface area contributed by atoms with Gasteiger partial charge in [0, 0.05) is 5.82 Å². The van der Waals surface area contributed by atoms with Crippen molar-refractivity contribution in [3.63, 3.8) is 0 Å². The molecule has 0 aliphatic heterocycles. The molecule has 0 aromatic carbocycles. The first kappa shape index (κ1) is 12.2. The van der Waals surface area contributed by atoms with Gasteiger partial charge in [-0.15, -0.1) is 0 Å². The normalized spacial score (nSPS) is 11.9. The Balaban J connectivity index is 4.11. The molecule has 74 valence electrons. The maximum atomic E-state index is 11.4. The van der Waals surface area contributed by atoms with Gasteiger partial charge in [0.15, 0.2) is 0 Å². The number of ketones is 1. The molecular weight excluding hydrogens is 167 g/mol. The van der Waals surface area contributed by atoms with Crippen LogP contribution in [0.25, 0.3) is 0 Å². The lowest BCUT2D eigenvalue weighted by atomic mass is 9.63. The molecule has 0 heterocycles.